The molecule has 1 rings (SSSR count). The molecule has 1 atom stereocenters. The van der Waals surface area contributed by atoms with Crippen molar-refractivity contribution in [1.29, 1.82) is 0 Å². The molecule has 1 aromatic carbocycles. The molecule has 0 aliphatic carbocycles. The number of nitrogens with one attached hydrogen (secondary N) is 1. The maximum atomic E-state index is 11.8. The van der Waals surface area contributed by atoms with Gasteiger partial charge in [0.25, 0.3) is 5.69 Å². The molecule has 126 valence electrons. The van der Waals surface area contributed by atoms with Crippen LogP contribution in [0, 0.1) is 10.1 Å². The van der Waals surface area contributed by atoms with Crippen molar-refractivity contribution in [2.75, 3.05) is 12.7 Å². The minimum absolute atomic E-state index is 0.00300. The van der Waals surface area contributed by atoms with Gasteiger partial charge < -0.3 is 19.8 Å². The van der Waals surface area contributed by atoms with Crippen LogP contribution in [-0.2, 0) is 14.2 Å². The Balaban J connectivity index is 2.43. The fourth-order valence-corrected chi connectivity index (χ4v) is 2.64. The molecule has 0 fully saturated rings. The molecule has 11 heteroatoms. The second-order valence-electron chi connectivity index (χ2n) is 4.48. The molecular weight excluding hydrogens is 331 g/mol. The van der Waals surface area contributed by atoms with Gasteiger partial charge in [0.2, 0.25) is 5.91 Å². The summed E-state index contributed by atoms with van der Waals surface area (Å²) in [7, 11) is -4.01. The Morgan fingerprint density at radius 1 is 1.30 bits per heavy atom. The number of nitro groups is 1. The Labute approximate surface area is 130 Å². The molecule has 3 N–H and O–H groups in total. The first-order valence-corrected chi connectivity index (χ1v) is 8.20. The summed E-state index contributed by atoms with van der Waals surface area (Å²) in [4.78, 5) is 41.0. The minimum atomic E-state index is -4.01. The van der Waals surface area contributed by atoms with Crippen molar-refractivity contribution < 1.29 is 33.6 Å². The summed E-state index contributed by atoms with van der Waals surface area (Å²) >= 11 is 0. The second-order valence-corrected chi connectivity index (χ2v) is 6.38. The summed E-state index contributed by atoms with van der Waals surface area (Å²) in [5.41, 5.74) is -0.180. The third-order valence-corrected chi connectivity index (χ3v) is 3.95. The largest absolute Gasteiger partial charge is 0.480 e. The lowest BCUT2D eigenvalue weighted by molar-refractivity contribution is -0.384. The van der Waals surface area contributed by atoms with E-state index in [9.17, 15) is 29.2 Å². The van der Waals surface area contributed by atoms with Crippen LogP contribution in [0.5, 0.6) is 5.75 Å². The van der Waals surface area contributed by atoms with E-state index in [2.05, 4.69) is 5.32 Å². The molecule has 0 aliphatic rings. The van der Waals surface area contributed by atoms with Crippen LogP contribution in [0.25, 0.3) is 0 Å². The molecule has 1 aromatic rings. The van der Waals surface area contributed by atoms with Gasteiger partial charge in [-0.1, -0.05) is 0 Å². The molecule has 0 radical (unpaired) electrons. The van der Waals surface area contributed by atoms with Crippen molar-refractivity contribution in [2.45, 2.75) is 12.8 Å². The Bertz CT molecular complexity index is 630. The predicted molar refractivity (Wildman–Crippen MR) is 78.3 cm³/mol. The molecule has 1 amide bonds. The zero-order chi connectivity index (χ0) is 17.5. The number of carboxylic acid groups (broad SMARTS) is 1. The lowest BCUT2D eigenvalue weighted by Gasteiger charge is -2.13. The smallest absolute Gasteiger partial charge is 0.376 e. The van der Waals surface area contributed by atoms with E-state index in [1.54, 1.807) is 0 Å². The van der Waals surface area contributed by atoms with E-state index in [0.717, 1.165) is 12.1 Å². The Morgan fingerprint density at radius 2 is 1.91 bits per heavy atom. The number of amides is 1. The number of hydrogen-bond acceptors (Lipinski definition) is 6. The van der Waals surface area contributed by atoms with Crippen molar-refractivity contribution in [3.05, 3.63) is 34.4 Å². The highest BCUT2D eigenvalue weighted by molar-refractivity contribution is 7.53. The van der Waals surface area contributed by atoms with Crippen LogP contribution < -0.4 is 9.84 Å². The summed E-state index contributed by atoms with van der Waals surface area (Å²) < 4.78 is 16.7. The summed E-state index contributed by atoms with van der Waals surface area (Å²) in [5, 5.41) is 21.0. The molecule has 0 aromatic heterocycles. The number of nitrogens with zero attached hydrogens (tertiary/aromatic N) is 1. The van der Waals surface area contributed by atoms with Crippen LogP contribution in [0.1, 0.15) is 12.8 Å². The molecule has 0 saturated heterocycles. The van der Waals surface area contributed by atoms with E-state index >= 15 is 0 Å². The van der Waals surface area contributed by atoms with Crippen molar-refractivity contribution in [3.8, 4) is 5.75 Å². The van der Waals surface area contributed by atoms with E-state index in [1.807, 2.05) is 0 Å². The number of non-ortho nitro benzene ring substituents is 1. The lowest BCUT2D eigenvalue weighted by atomic mass is 10.3. The van der Waals surface area contributed by atoms with Gasteiger partial charge >= 0.3 is 13.6 Å². The van der Waals surface area contributed by atoms with Gasteiger partial charge in [0.15, 0.2) is 0 Å². The van der Waals surface area contributed by atoms with Crippen LogP contribution >= 0.6 is 7.60 Å². The monoisotopic (exact) mass is 346 g/mol. The first kappa shape index (κ1) is 18.6. The highest BCUT2D eigenvalue weighted by atomic mass is 31.2. The number of hydrogen-bond donors (Lipinski definition) is 3. The topological polar surface area (TPSA) is 156 Å². The normalized spacial score (nSPS) is 12.9. The number of carboxylic acids is 1. The number of nitro benzene ring substituents is 1. The highest BCUT2D eigenvalue weighted by Gasteiger charge is 2.21. The van der Waals surface area contributed by atoms with Crippen molar-refractivity contribution in [3.63, 3.8) is 0 Å². The van der Waals surface area contributed by atoms with E-state index in [4.69, 9.17) is 9.63 Å². The zero-order valence-corrected chi connectivity index (χ0v) is 12.8. The number of rotatable bonds is 9. The Morgan fingerprint density at radius 3 is 2.43 bits per heavy atom. The van der Waals surface area contributed by atoms with Gasteiger partial charge in [-0.2, -0.15) is 0 Å². The SMILES string of the molecule is O=C(O)CNC(=O)CCCP(=O)(O)Oc1ccc([N+](=O)[O-])cc1. The van der Waals surface area contributed by atoms with Gasteiger partial charge in [0.05, 0.1) is 11.1 Å². The molecule has 1 unspecified atom stereocenters. The quantitative estimate of drug-likeness (QED) is 0.341. The maximum absolute atomic E-state index is 11.8. The van der Waals surface area contributed by atoms with Crippen LogP contribution in [0.3, 0.4) is 0 Å². The number of carbonyl (C=O) groups is 2. The van der Waals surface area contributed by atoms with Gasteiger partial charge in [0.1, 0.15) is 12.3 Å². The van der Waals surface area contributed by atoms with Crippen LogP contribution in [0.4, 0.5) is 5.69 Å². The molecule has 23 heavy (non-hydrogen) atoms. The van der Waals surface area contributed by atoms with Crippen molar-refractivity contribution in [1.82, 2.24) is 5.32 Å². The lowest BCUT2D eigenvalue weighted by Crippen LogP contribution is -2.29. The van der Waals surface area contributed by atoms with E-state index in [-0.39, 0.29) is 30.4 Å². The number of carbonyl (C=O) groups excluding carboxylic acids is 1. The maximum Gasteiger partial charge on any atom is 0.376 e. The fraction of sp³-hybridized carbons (Fsp3) is 0.333. The second kappa shape index (κ2) is 8.25. The number of benzene rings is 1. The minimum Gasteiger partial charge on any atom is -0.480 e. The molecular formula is C12H15N2O8P. The summed E-state index contributed by atoms with van der Waals surface area (Å²) in [6.45, 7) is -0.519. The van der Waals surface area contributed by atoms with Crippen molar-refractivity contribution in [2.24, 2.45) is 0 Å². The molecule has 0 bridgehead atoms. The van der Waals surface area contributed by atoms with Gasteiger partial charge in [-0.15, -0.1) is 0 Å². The molecule has 0 spiro atoms. The van der Waals surface area contributed by atoms with Gasteiger partial charge in [-0.05, 0) is 18.6 Å². The van der Waals surface area contributed by atoms with Crippen LogP contribution in [0.2, 0.25) is 0 Å². The standard InChI is InChI=1S/C12H15N2O8P/c15-11(13-8-12(16)17)2-1-7-23(20,21)22-10-5-3-9(4-6-10)14(18)19/h3-6H,1-2,7-8H2,(H,13,15)(H,16,17)(H,20,21). The van der Waals surface area contributed by atoms with E-state index in [1.165, 1.54) is 12.1 Å². The molecule has 0 saturated carbocycles. The van der Waals surface area contributed by atoms with Crippen LogP contribution in [-0.4, -0.2) is 39.5 Å². The predicted octanol–water partition coefficient (Wildman–Crippen LogP) is 1.14. The third-order valence-electron chi connectivity index (χ3n) is 2.58. The van der Waals surface area contributed by atoms with E-state index in [0.29, 0.717) is 0 Å². The number of aliphatic carboxylic acids is 1. The summed E-state index contributed by atoms with van der Waals surface area (Å²) in [5.74, 6) is -1.74. The van der Waals surface area contributed by atoms with Gasteiger partial charge in [0, 0.05) is 18.6 Å². The molecule has 0 heterocycles. The highest BCUT2D eigenvalue weighted by Crippen LogP contribution is 2.43. The fourth-order valence-electron chi connectivity index (χ4n) is 1.54. The Kier molecular flexibility index (Phi) is 6.67. The first-order chi connectivity index (χ1) is 10.7. The third kappa shape index (κ3) is 7.39. The van der Waals surface area contributed by atoms with E-state index < -0.39 is 30.9 Å². The first-order valence-electron chi connectivity index (χ1n) is 6.44. The van der Waals surface area contributed by atoms with Gasteiger partial charge in [-0.25, -0.2) is 4.57 Å². The van der Waals surface area contributed by atoms with Crippen molar-refractivity contribution >= 4 is 25.2 Å². The average Bonchev–Trinajstić information content (AvgIpc) is 2.45. The summed E-state index contributed by atoms with van der Waals surface area (Å²) in [6, 6.07) is 4.66. The van der Waals surface area contributed by atoms with Gasteiger partial charge in [-0.3, -0.25) is 19.7 Å². The molecule has 10 nitrogen and oxygen atoms in total. The molecule has 0 aliphatic heterocycles. The Hall–Kier alpha value is -2.45. The zero-order valence-electron chi connectivity index (χ0n) is 11.9. The van der Waals surface area contributed by atoms with Crippen LogP contribution in [0.15, 0.2) is 24.3 Å². The summed E-state index contributed by atoms with van der Waals surface area (Å²) in [6.07, 6.45) is -0.419. The average molecular weight is 346 g/mol.